The average Bonchev–Trinajstić information content (AvgIpc) is 2.76. The molecule has 0 bridgehead atoms. The number of aryl methyl sites for hydroxylation is 1. The minimum Gasteiger partial charge on any atom is -0.493 e. The molecule has 0 unspecified atom stereocenters. The van der Waals surface area contributed by atoms with E-state index in [0.29, 0.717) is 17.1 Å². The molecule has 7 nitrogen and oxygen atoms in total. The SMILES string of the molecule is COc1cc(C=C2C(=O)NC(=O)NC2=O)cc(Cl)c1OCc1c(C)ccc2ccccc12. The lowest BCUT2D eigenvalue weighted by Crippen LogP contribution is -2.51. The highest BCUT2D eigenvalue weighted by atomic mass is 35.5. The van der Waals surface area contributed by atoms with E-state index in [2.05, 4.69) is 6.07 Å². The summed E-state index contributed by atoms with van der Waals surface area (Å²) in [6, 6.07) is 14.4. The first kappa shape index (κ1) is 21.4. The molecule has 1 heterocycles. The van der Waals surface area contributed by atoms with E-state index >= 15 is 0 Å². The van der Waals surface area contributed by atoms with E-state index in [1.807, 2.05) is 47.9 Å². The zero-order valence-corrected chi connectivity index (χ0v) is 18.1. The topological polar surface area (TPSA) is 93.7 Å². The van der Waals surface area contributed by atoms with Crippen LogP contribution in [0.2, 0.25) is 5.02 Å². The lowest BCUT2D eigenvalue weighted by molar-refractivity contribution is -0.123. The number of hydrogen-bond donors (Lipinski definition) is 2. The predicted molar refractivity (Wildman–Crippen MR) is 121 cm³/mol. The van der Waals surface area contributed by atoms with Crippen molar-refractivity contribution in [3.63, 3.8) is 0 Å². The molecule has 32 heavy (non-hydrogen) atoms. The van der Waals surface area contributed by atoms with Gasteiger partial charge in [-0.3, -0.25) is 20.2 Å². The van der Waals surface area contributed by atoms with Crippen LogP contribution in [-0.2, 0) is 16.2 Å². The van der Waals surface area contributed by atoms with Gasteiger partial charge in [-0.25, -0.2) is 4.79 Å². The van der Waals surface area contributed by atoms with E-state index < -0.39 is 17.8 Å². The van der Waals surface area contributed by atoms with E-state index in [9.17, 15) is 14.4 Å². The van der Waals surface area contributed by atoms with Gasteiger partial charge in [0.2, 0.25) is 0 Å². The molecule has 1 saturated heterocycles. The third kappa shape index (κ3) is 4.15. The average molecular weight is 451 g/mol. The van der Waals surface area contributed by atoms with Crippen LogP contribution in [0, 0.1) is 6.92 Å². The van der Waals surface area contributed by atoms with Crippen molar-refractivity contribution in [1.29, 1.82) is 0 Å². The van der Waals surface area contributed by atoms with Crippen LogP contribution < -0.4 is 20.1 Å². The molecular formula is C24H19ClN2O5. The number of barbiturate groups is 1. The van der Waals surface area contributed by atoms with E-state index in [4.69, 9.17) is 21.1 Å². The number of methoxy groups -OCH3 is 1. The molecule has 0 saturated carbocycles. The van der Waals surface area contributed by atoms with Crippen LogP contribution in [0.5, 0.6) is 11.5 Å². The smallest absolute Gasteiger partial charge is 0.328 e. The van der Waals surface area contributed by atoms with E-state index in [1.54, 1.807) is 12.1 Å². The Morgan fingerprint density at radius 3 is 2.44 bits per heavy atom. The fraction of sp³-hybridized carbons (Fsp3) is 0.125. The van der Waals surface area contributed by atoms with Crippen molar-refractivity contribution >= 4 is 46.3 Å². The molecule has 0 radical (unpaired) electrons. The lowest BCUT2D eigenvalue weighted by Gasteiger charge is -2.17. The van der Waals surface area contributed by atoms with Gasteiger partial charge in [-0.05, 0) is 47.0 Å². The standard InChI is InChI=1S/C24H19ClN2O5/c1-13-7-8-15-5-3-4-6-16(15)18(13)12-32-21-19(25)10-14(11-20(21)31-2)9-17-22(28)26-24(30)27-23(17)29/h3-11H,12H2,1-2H3,(H2,26,27,28,29,30). The molecule has 4 amide bonds. The number of halogens is 1. The van der Waals surface area contributed by atoms with Gasteiger partial charge in [0.1, 0.15) is 12.2 Å². The summed E-state index contributed by atoms with van der Waals surface area (Å²) in [4.78, 5) is 35.2. The number of nitrogens with one attached hydrogen (secondary N) is 2. The largest absolute Gasteiger partial charge is 0.493 e. The Kier molecular flexibility index (Phi) is 5.83. The van der Waals surface area contributed by atoms with Gasteiger partial charge >= 0.3 is 6.03 Å². The molecule has 0 atom stereocenters. The number of imide groups is 2. The summed E-state index contributed by atoms with van der Waals surface area (Å²) in [7, 11) is 1.47. The van der Waals surface area contributed by atoms with Crippen LogP contribution in [0.1, 0.15) is 16.7 Å². The lowest BCUT2D eigenvalue weighted by atomic mass is 10.0. The predicted octanol–water partition coefficient (Wildman–Crippen LogP) is 4.14. The fourth-order valence-corrected chi connectivity index (χ4v) is 3.79. The first-order valence-corrected chi connectivity index (χ1v) is 10.1. The first-order chi connectivity index (χ1) is 15.4. The number of fused-ring (bicyclic) bond motifs is 1. The molecule has 0 aliphatic carbocycles. The summed E-state index contributed by atoms with van der Waals surface area (Å²) in [5.74, 6) is -0.896. The van der Waals surface area contributed by atoms with Gasteiger partial charge in [-0.2, -0.15) is 0 Å². The number of amides is 4. The second-order valence-corrected chi connectivity index (χ2v) is 7.61. The first-order valence-electron chi connectivity index (χ1n) is 9.73. The molecule has 1 aliphatic rings. The van der Waals surface area contributed by atoms with Crippen molar-refractivity contribution in [1.82, 2.24) is 10.6 Å². The van der Waals surface area contributed by atoms with Gasteiger partial charge in [-0.15, -0.1) is 0 Å². The Labute approximate surface area is 189 Å². The van der Waals surface area contributed by atoms with E-state index in [-0.39, 0.29) is 17.2 Å². The van der Waals surface area contributed by atoms with Crippen molar-refractivity contribution in [3.05, 3.63) is 75.8 Å². The summed E-state index contributed by atoms with van der Waals surface area (Å²) in [5, 5.41) is 6.50. The minimum absolute atomic E-state index is 0.220. The monoisotopic (exact) mass is 450 g/mol. The van der Waals surface area contributed by atoms with Gasteiger partial charge in [-0.1, -0.05) is 48.0 Å². The third-order valence-electron chi connectivity index (χ3n) is 5.14. The number of ether oxygens (including phenoxy) is 2. The zero-order chi connectivity index (χ0) is 22.8. The maximum Gasteiger partial charge on any atom is 0.328 e. The highest BCUT2D eigenvalue weighted by Crippen LogP contribution is 2.38. The highest BCUT2D eigenvalue weighted by Gasteiger charge is 2.28. The quantitative estimate of drug-likeness (QED) is 0.450. The molecule has 1 fully saturated rings. The molecule has 0 spiro atoms. The number of urea groups is 1. The molecule has 8 heteroatoms. The van der Waals surface area contributed by atoms with Crippen molar-refractivity contribution in [2.75, 3.05) is 7.11 Å². The summed E-state index contributed by atoms with van der Waals surface area (Å²) in [6.07, 6.45) is 1.32. The number of carbonyl (C=O) groups excluding carboxylic acids is 3. The summed E-state index contributed by atoms with van der Waals surface area (Å²) < 4.78 is 11.5. The molecular weight excluding hydrogens is 432 g/mol. The van der Waals surface area contributed by atoms with Gasteiger partial charge in [0.15, 0.2) is 11.5 Å². The van der Waals surface area contributed by atoms with Gasteiger partial charge in [0, 0.05) is 5.56 Å². The molecule has 4 rings (SSSR count). The fourth-order valence-electron chi connectivity index (χ4n) is 3.52. The number of rotatable bonds is 5. The molecule has 162 valence electrons. The Balaban J connectivity index is 1.65. The summed E-state index contributed by atoms with van der Waals surface area (Å²) in [6.45, 7) is 2.29. The second-order valence-electron chi connectivity index (χ2n) is 7.20. The third-order valence-corrected chi connectivity index (χ3v) is 5.42. The van der Waals surface area contributed by atoms with Gasteiger partial charge < -0.3 is 9.47 Å². The Morgan fingerprint density at radius 2 is 1.72 bits per heavy atom. The maximum absolute atomic E-state index is 12.0. The summed E-state index contributed by atoms with van der Waals surface area (Å²) >= 11 is 6.46. The molecule has 3 aromatic carbocycles. The van der Waals surface area contributed by atoms with Crippen LogP contribution >= 0.6 is 11.6 Å². The van der Waals surface area contributed by atoms with Crippen LogP contribution in [0.15, 0.2) is 54.1 Å². The summed E-state index contributed by atoms with van der Waals surface area (Å²) in [5.41, 5.74) is 2.34. The Hall–Kier alpha value is -3.84. The van der Waals surface area contributed by atoms with Crippen molar-refractivity contribution in [2.24, 2.45) is 0 Å². The maximum atomic E-state index is 12.0. The van der Waals surface area contributed by atoms with Crippen molar-refractivity contribution in [3.8, 4) is 11.5 Å². The zero-order valence-electron chi connectivity index (χ0n) is 17.3. The van der Waals surface area contributed by atoms with Crippen LogP contribution in [0.3, 0.4) is 0 Å². The Morgan fingerprint density at radius 1 is 1.00 bits per heavy atom. The van der Waals surface area contributed by atoms with Crippen LogP contribution in [0.25, 0.3) is 16.8 Å². The highest BCUT2D eigenvalue weighted by molar-refractivity contribution is 6.33. The van der Waals surface area contributed by atoms with Crippen LogP contribution in [0.4, 0.5) is 4.79 Å². The molecule has 0 aromatic heterocycles. The number of hydrogen-bond acceptors (Lipinski definition) is 5. The van der Waals surface area contributed by atoms with Crippen molar-refractivity contribution < 1.29 is 23.9 Å². The normalized spacial score (nSPS) is 13.6. The van der Waals surface area contributed by atoms with E-state index in [0.717, 1.165) is 21.9 Å². The number of benzene rings is 3. The Bertz CT molecular complexity index is 1280. The number of carbonyl (C=O) groups is 3. The molecule has 2 N–H and O–H groups in total. The molecule has 1 aliphatic heterocycles. The second kappa shape index (κ2) is 8.72. The van der Waals surface area contributed by atoms with Gasteiger partial charge in [0.05, 0.1) is 12.1 Å². The minimum atomic E-state index is -0.861. The van der Waals surface area contributed by atoms with Gasteiger partial charge in [0.25, 0.3) is 11.8 Å². The van der Waals surface area contributed by atoms with E-state index in [1.165, 1.54) is 13.2 Å². The van der Waals surface area contributed by atoms with Crippen molar-refractivity contribution in [2.45, 2.75) is 13.5 Å². The molecule has 3 aromatic rings. The van der Waals surface area contributed by atoms with Crippen LogP contribution in [-0.4, -0.2) is 25.0 Å².